The quantitative estimate of drug-likeness (QED) is 0.506. The van der Waals surface area contributed by atoms with Gasteiger partial charge in [-0.05, 0) is 64.8 Å². The van der Waals surface area contributed by atoms with E-state index in [-0.39, 0.29) is 23.7 Å². The molecule has 2 fully saturated rings. The van der Waals surface area contributed by atoms with Crippen molar-refractivity contribution in [1.82, 2.24) is 25.2 Å². The van der Waals surface area contributed by atoms with E-state index >= 15 is 0 Å². The number of likely N-dealkylation sites (tertiary alicyclic amines) is 1. The Morgan fingerprint density at radius 2 is 1.89 bits per heavy atom. The van der Waals surface area contributed by atoms with Crippen LogP contribution < -0.4 is 16.0 Å². The summed E-state index contributed by atoms with van der Waals surface area (Å²) in [5.74, 6) is -0.883. The summed E-state index contributed by atoms with van der Waals surface area (Å²) in [7, 11) is 0. The number of alkyl halides is 3. The molecule has 1 aliphatic carbocycles. The van der Waals surface area contributed by atoms with E-state index in [2.05, 4.69) is 35.8 Å². The molecule has 0 unspecified atom stereocenters. The Bertz CT molecular complexity index is 1010. The normalized spacial score (nSPS) is 20.9. The van der Waals surface area contributed by atoms with Gasteiger partial charge in [-0.3, -0.25) is 14.7 Å². The van der Waals surface area contributed by atoms with E-state index in [1.54, 1.807) is 6.20 Å². The first-order valence-electron chi connectivity index (χ1n) is 12.1. The summed E-state index contributed by atoms with van der Waals surface area (Å²) >= 11 is 0. The molecule has 3 heterocycles. The molecule has 0 spiro atoms. The molecule has 4 rings (SSSR count). The molecule has 2 aromatic rings. The van der Waals surface area contributed by atoms with Crippen LogP contribution in [0.25, 0.3) is 0 Å². The van der Waals surface area contributed by atoms with Crippen LogP contribution in [-0.4, -0.2) is 50.9 Å². The lowest BCUT2D eigenvalue weighted by molar-refractivity contribution is -0.137. The molecular weight excluding hydrogens is 459 g/mol. The third-order valence-corrected chi connectivity index (χ3v) is 6.37. The molecule has 0 bridgehead atoms. The lowest BCUT2D eigenvalue weighted by Gasteiger charge is -2.24. The number of carbonyl (C=O) groups excluding carboxylic acids is 1. The predicted molar refractivity (Wildman–Crippen MR) is 127 cm³/mol. The van der Waals surface area contributed by atoms with Crippen molar-refractivity contribution in [3.05, 3.63) is 35.8 Å². The highest BCUT2D eigenvalue weighted by atomic mass is 19.4. The topological polar surface area (TPSA) is 95.1 Å². The fourth-order valence-electron chi connectivity index (χ4n) is 4.66. The zero-order valence-corrected chi connectivity index (χ0v) is 20.0. The summed E-state index contributed by atoms with van der Waals surface area (Å²) in [6, 6.07) is 3.22. The van der Waals surface area contributed by atoms with Gasteiger partial charge in [0.05, 0.1) is 23.5 Å². The average Bonchev–Trinajstić information content (AvgIpc) is 3.46. The van der Waals surface area contributed by atoms with Crippen LogP contribution in [0.1, 0.15) is 57.2 Å². The molecule has 190 valence electrons. The predicted octanol–water partition coefficient (Wildman–Crippen LogP) is 4.34. The Morgan fingerprint density at radius 1 is 1.11 bits per heavy atom. The highest BCUT2D eigenvalue weighted by molar-refractivity contribution is 5.80. The number of aromatic nitrogens is 3. The van der Waals surface area contributed by atoms with E-state index in [0.29, 0.717) is 18.5 Å². The van der Waals surface area contributed by atoms with Crippen LogP contribution in [0.4, 0.5) is 30.6 Å². The third-order valence-electron chi connectivity index (χ3n) is 6.37. The average molecular weight is 492 g/mol. The van der Waals surface area contributed by atoms with Crippen molar-refractivity contribution in [3.63, 3.8) is 0 Å². The molecule has 11 heteroatoms. The Kier molecular flexibility index (Phi) is 7.73. The van der Waals surface area contributed by atoms with Gasteiger partial charge in [-0.1, -0.05) is 6.42 Å². The molecule has 2 aromatic heterocycles. The molecule has 2 atom stereocenters. The smallest absolute Gasteiger partial charge is 0.366 e. The molecule has 1 aliphatic heterocycles. The van der Waals surface area contributed by atoms with Crippen LogP contribution in [0.15, 0.2) is 24.5 Å². The van der Waals surface area contributed by atoms with Crippen molar-refractivity contribution < 1.29 is 18.0 Å². The van der Waals surface area contributed by atoms with Gasteiger partial charge in [0.25, 0.3) is 0 Å². The van der Waals surface area contributed by atoms with Gasteiger partial charge in [-0.2, -0.15) is 18.2 Å². The fourth-order valence-corrected chi connectivity index (χ4v) is 4.66. The second-order valence-corrected chi connectivity index (χ2v) is 9.55. The van der Waals surface area contributed by atoms with Gasteiger partial charge >= 0.3 is 6.18 Å². The highest BCUT2D eigenvalue weighted by Crippen LogP contribution is 2.36. The maximum atomic E-state index is 13.7. The molecular formula is C24H32F3N7O. The first-order valence-corrected chi connectivity index (χ1v) is 12.1. The third kappa shape index (κ3) is 6.59. The molecule has 0 radical (unpaired) electrons. The molecule has 1 saturated heterocycles. The summed E-state index contributed by atoms with van der Waals surface area (Å²) in [4.78, 5) is 27.4. The lowest BCUT2D eigenvalue weighted by Crippen LogP contribution is -2.41. The zero-order valence-electron chi connectivity index (χ0n) is 20.0. The highest BCUT2D eigenvalue weighted by Gasteiger charge is 2.39. The summed E-state index contributed by atoms with van der Waals surface area (Å²) in [6.07, 6.45) is 2.12. The zero-order chi connectivity index (χ0) is 25.0. The van der Waals surface area contributed by atoms with E-state index in [9.17, 15) is 18.0 Å². The Hall–Kier alpha value is -2.95. The summed E-state index contributed by atoms with van der Waals surface area (Å²) in [6.45, 7) is 6.62. The molecule has 8 nitrogen and oxygen atoms in total. The van der Waals surface area contributed by atoms with E-state index in [4.69, 9.17) is 0 Å². The molecule has 1 amide bonds. The van der Waals surface area contributed by atoms with Gasteiger partial charge in [-0.25, -0.2) is 4.98 Å². The Balaban J connectivity index is 1.49. The number of anilines is 3. The van der Waals surface area contributed by atoms with Crippen molar-refractivity contribution in [3.8, 4) is 0 Å². The van der Waals surface area contributed by atoms with Gasteiger partial charge in [0.15, 0.2) is 0 Å². The molecule has 3 N–H and O–H groups in total. The van der Waals surface area contributed by atoms with Gasteiger partial charge in [-0.15, -0.1) is 0 Å². The van der Waals surface area contributed by atoms with Crippen LogP contribution in [-0.2, 0) is 17.5 Å². The minimum Gasteiger partial charge on any atom is -0.366 e. The number of pyridine rings is 1. The second-order valence-electron chi connectivity index (χ2n) is 9.55. The molecule has 1 saturated carbocycles. The van der Waals surface area contributed by atoms with E-state index < -0.39 is 23.7 Å². The van der Waals surface area contributed by atoms with Crippen molar-refractivity contribution >= 4 is 23.4 Å². The number of nitrogens with one attached hydrogen (secondary N) is 3. The van der Waals surface area contributed by atoms with Crippen LogP contribution in [0, 0.1) is 5.92 Å². The number of hydrogen-bond donors (Lipinski definition) is 3. The second kappa shape index (κ2) is 10.8. The summed E-state index contributed by atoms with van der Waals surface area (Å²) < 4.78 is 41.1. The van der Waals surface area contributed by atoms with Crippen LogP contribution in [0.2, 0.25) is 0 Å². The standard InChI is InChI=1S/C24H32F3N7O/c1-15(2)30-22(35)18-6-5-7-20(18)32-21-19(24(25,26)27)13-29-23(33-21)31-16-8-9-17(28-12-16)14-34-10-3-4-11-34/h8-9,12-13,15,18,20H,3-7,10-11,14H2,1-2H3,(H,30,35)(H2,29,31,32,33)/t18-,20-/m0/s1. The molecule has 0 aromatic carbocycles. The number of halogens is 3. The number of carbonyl (C=O) groups is 1. The monoisotopic (exact) mass is 491 g/mol. The SMILES string of the molecule is CC(C)NC(=O)[C@H]1CCC[C@@H]1Nc1nc(Nc2ccc(CN3CCCC3)nc2)ncc1C(F)(F)F. The van der Waals surface area contributed by atoms with E-state index in [1.165, 1.54) is 12.8 Å². The van der Waals surface area contributed by atoms with Crippen molar-refractivity contribution in [2.45, 2.75) is 70.8 Å². The van der Waals surface area contributed by atoms with Gasteiger partial charge < -0.3 is 16.0 Å². The van der Waals surface area contributed by atoms with Crippen molar-refractivity contribution in [1.29, 1.82) is 0 Å². The van der Waals surface area contributed by atoms with Gasteiger partial charge in [0.2, 0.25) is 11.9 Å². The largest absolute Gasteiger partial charge is 0.421 e. The molecule has 2 aliphatic rings. The first-order chi connectivity index (χ1) is 16.7. The van der Waals surface area contributed by atoms with Crippen molar-refractivity contribution in [2.24, 2.45) is 5.92 Å². The minimum atomic E-state index is -4.63. The first kappa shape index (κ1) is 25.2. The van der Waals surface area contributed by atoms with E-state index in [0.717, 1.165) is 37.9 Å². The minimum absolute atomic E-state index is 0.0239. The number of amides is 1. The van der Waals surface area contributed by atoms with Crippen LogP contribution >= 0.6 is 0 Å². The Labute approximate surface area is 203 Å². The summed E-state index contributed by atoms with van der Waals surface area (Å²) in [5, 5.41) is 8.71. The number of nitrogens with zero attached hydrogens (tertiary/aromatic N) is 4. The van der Waals surface area contributed by atoms with Gasteiger partial charge in [0, 0.05) is 24.8 Å². The number of rotatable bonds is 8. The van der Waals surface area contributed by atoms with E-state index in [1.807, 2.05) is 26.0 Å². The van der Waals surface area contributed by atoms with Gasteiger partial charge in [0.1, 0.15) is 11.4 Å². The lowest BCUT2D eigenvalue weighted by atomic mass is 10.0. The maximum absolute atomic E-state index is 13.7. The van der Waals surface area contributed by atoms with Crippen LogP contribution in [0.5, 0.6) is 0 Å². The fraction of sp³-hybridized carbons (Fsp3) is 0.583. The van der Waals surface area contributed by atoms with Crippen molar-refractivity contribution in [2.75, 3.05) is 23.7 Å². The van der Waals surface area contributed by atoms with Crippen LogP contribution in [0.3, 0.4) is 0 Å². The maximum Gasteiger partial charge on any atom is 0.421 e. The molecule has 35 heavy (non-hydrogen) atoms. The Morgan fingerprint density at radius 3 is 2.54 bits per heavy atom. The number of hydrogen-bond acceptors (Lipinski definition) is 7. The summed E-state index contributed by atoms with van der Waals surface area (Å²) in [5.41, 5.74) is 0.549.